The highest BCUT2D eigenvalue weighted by Gasteiger charge is 2.35. The van der Waals surface area contributed by atoms with E-state index in [0.29, 0.717) is 11.1 Å². The van der Waals surface area contributed by atoms with E-state index in [2.05, 4.69) is 0 Å². The molecule has 2 atom stereocenters. The number of likely N-dealkylation sites (N-methyl/N-ethyl adjacent to an activating group) is 1. The molecule has 0 saturated heterocycles. The predicted octanol–water partition coefficient (Wildman–Crippen LogP) is 1.11. The molecule has 1 aliphatic heterocycles. The zero-order valence-electron chi connectivity index (χ0n) is 13.8. The van der Waals surface area contributed by atoms with Crippen LogP contribution in [0, 0.1) is 5.92 Å². The molecule has 1 aromatic rings. The van der Waals surface area contributed by atoms with E-state index in [1.165, 1.54) is 9.80 Å². The number of carbonyl (C=O) groups excluding carboxylic acids is 3. The van der Waals surface area contributed by atoms with Gasteiger partial charge in [-0.05, 0) is 18.1 Å². The average molecular weight is 317 g/mol. The molecule has 1 aliphatic rings. The van der Waals surface area contributed by atoms with E-state index < -0.39 is 6.04 Å². The van der Waals surface area contributed by atoms with Gasteiger partial charge in [-0.2, -0.15) is 0 Å². The summed E-state index contributed by atoms with van der Waals surface area (Å²) in [7, 11) is 1.64. The minimum atomic E-state index is -0.563. The second-order valence-electron chi connectivity index (χ2n) is 5.98. The van der Waals surface area contributed by atoms with Crippen LogP contribution in [0.4, 0.5) is 0 Å². The molecule has 0 fully saturated rings. The van der Waals surface area contributed by atoms with Crippen LogP contribution in [0.3, 0.4) is 0 Å². The smallest absolute Gasteiger partial charge is 0.261 e. The van der Waals surface area contributed by atoms with Gasteiger partial charge < -0.3 is 10.6 Å². The van der Waals surface area contributed by atoms with Gasteiger partial charge in [-0.25, -0.2) is 0 Å². The molecule has 0 aliphatic carbocycles. The van der Waals surface area contributed by atoms with Crippen molar-refractivity contribution in [3.63, 3.8) is 0 Å². The van der Waals surface area contributed by atoms with Crippen molar-refractivity contribution < 1.29 is 14.4 Å². The minimum absolute atomic E-state index is 0.0873. The van der Waals surface area contributed by atoms with Crippen LogP contribution in [0.15, 0.2) is 24.3 Å². The lowest BCUT2D eigenvalue weighted by atomic mass is 9.99. The van der Waals surface area contributed by atoms with E-state index in [-0.39, 0.29) is 36.7 Å². The topological polar surface area (TPSA) is 83.7 Å². The van der Waals surface area contributed by atoms with Gasteiger partial charge in [0.2, 0.25) is 5.91 Å². The number of hydrogen-bond donors (Lipinski definition) is 1. The number of fused-ring (bicyclic) bond motifs is 1. The Bertz CT molecular complexity index is 594. The summed E-state index contributed by atoms with van der Waals surface area (Å²) in [5.74, 6) is -0.699. The van der Waals surface area contributed by atoms with Gasteiger partial charge in [-0.15, -0.1) is 0 Å². The maximum Gasteiger partial charge on any atom is 0.261 e. The van der Waals surface area contributed by atoms with Crippen molar-refractivity contribution in [2.24, 2.45) is 11.7 Å². The molecule has 2 N–H and O–H groups in total. The zero-order valence-corrected chi connectivity index (χ0v) is 13.8. The Morgan fingerprint density at radius 3 is 2.22 bits per heavy atom. The van der Waals surface area contributed by atoms with E-state index in [1.807, 2.05) is 13.8 Å². The molecule has 0 spiro atoms. The quantitative estimate of drug-likeness (QED) is 0.797. The number of rotatable bonds is 6. The number of nitrogens with zero attached hydrogens (tertiary/aromatic N) is 2. The molecule has 1 heterocycles. The third-order valence-electron chi connectivity index (χ3n) is 4.46. The summed E-state index contributed by atoms with van der Waals surface area (Å²) >= 11 is 0. The number of hydrogen-bond acceptors (Lipinski definition) is 4. The van der Waals surface area contributed by atoms with Crippen LogP contribution in [-0.2, 0) is 4.79 Å². The Kier molecular flexibility index (Phi) is 5.15. The van der Waals surface area contributed by atoms with Crippen LogP contribution in [0.25, 0.3) is 0 Å². The highest BCUT2D eigenvalue weighted by atomic mass is 16.2. The predicted molar refractivity (Wildman–Crippen MR) is 86.9 cm³/mol. The molecule has 0 bridgehead atoms. The molecular weight excluding hydrogens is 294 g/mol. The van der Waals surface area contributed by atoms with Crippen LogP contribution in [-0.4, -0.2) is 53.7 Å². The fourth-order valence-electron chi connectivity index (χ4n) is 2.55. The van der Waals surface area contributed by atoms with Crippen molar-refractivity contribution in [1.29, 1.82) is 0 Å². The first-order valence-corrected chi connectivity index (χ1v) is 7.84. The summed E-state index contributed by atoms with van der Waals surface area (Å²) in [6.07, 6.45) is 0.819. The first-order chi connectivity index (χ1) is 10.9. The van der Waals surface area contributed by atoms with Crippen LogP contribution in [0.2, 0.25) is 0 Å². The molecule has 23 heavy (non-hydrogen) atoms. The molecular formula is C17H23N3O3. The van der Waals surface area contributed by atoms with E-state index in [9.17, 15) is 14.4 Å². The van der Waals surface area contributed by atoms with Crippen molar-refractivity contribution in [2.75, 3.05) is 20.1 Å². The number of imide groups is 1. The Balaban J connectivity index is 1.98. The first-order valence-electron chi connectivity index (χ1n) is 7.84. The number of carbonyl (C=O) groups is 3. The van der Waals surface area contributed by atoms with E-state index >= 15 is 0 Å². The van der Waals surface area contributed by atoms with Crippen molar-refractivity contribution in [1.82, 2.24) is 9.80 Å². The summed E-state index contributed by atoms with van der Waals surface area (Å²) in [6.45, 7) is 4.35. The number of amides is 3. The SMILES string of the molecule is CCC(C)C(N)C(=O)N(C)CCN1C(=O)c2ccccc2C1=O. The van der Waals surface area contributed by atoms with Crippen LogP contribution in [0.5, 0.6) is 0 Å². The van der Waals surface area contributed by atoms with Crippen molar-refractivity contribution >= 4 is 17.7 Å². The van der Waals surface area contributed by atoms with Crippen LogP contribution in [0.1, 0.15) is 41.0 Å². The maximum atomic E-state index is 12.3. The summed E-state index contributed by atoms with van der Waals surface area (Å²) in [5, 5.41) is 0. The van der Waals surface area contributed by atoms with Crippen LogP contribution < -0.4 is 5.73 Å². The third kappa shape index (κ3) is 3.27. The Morgan fingerprint density at radius 1 is 1.22 bits per heavy atom. The van der Waals surface area contributed by atoms with E-state index in [0.717, 1.165) is 6.42 Å². The highest BCUT2D eigenvalue weighted by Crippen LogP contribution is 2.22. The lowest BCUT2D eigenvalue weighted by molar-refractivity contribution is -0.132. The highest BCUT2D eigenvalue weighted by molar-refractivity contribution is 6.21. The Morgan fingerprint density at radius 2 is 1.74 bits per heavy atom. The molecule has 2 unspecified atom stereocenters. The van der Waals surface area contributed by atoms with Gasteiger partial charge in [0, 0.05) is 20.1 Å². The molecule has 0 saturated carbocycles. The van der Waals surface area contributed by atoms with Crippen molar-refractivity contribution in [2.45, 2.75) is 26.3 Å². The molecule has 0 aromatic heterocycles. The summed E-state index contributed by atoms with van der Waals surface area (Å²) < 4.78 is 0. The standard InChI is InChI=1S/C17H23N3O3/c1-4-11(2)14(18)17(23)19(3)9-10-20-15(21)12-7-5-6-8-13(12)16(20)22/h5-8,11,14H,4,9-10,18H2,1-3H3. The summed E-state index contributed by atoms with van der Waals surface area (Å²) in [6, 6.07) is 6.18. The van der Waals surface area contributed by atoms with Gasteiger partial charge in [0.05, 0.1) is 17.2 Å². The second-order valence-corrected chi connectivity index (χ2v) is 5.98. The lowest BCUT2D eigenvalue weighted by Gasteiger charge is -2.26. The minimum Gasteiger partial charge on any atom is -0.343 e. The molecule has 6 heteroatoms. The van der Waals surface area contributed by atoms with Gasteiger partial charge in [0.15, 0.2) is 0 Å². The fourth-order valence-corrected chi connectivity index (χ4v) is 2.55. The third-order valence-corrected chi connectivity index (χ3v) is 4.46. The molecule has 1 aromatic carbocycles. The Hall–Kier alpha value is -2.21. The number of benzene rings is 1. The van der Waals surface area contributed by atoms with Crippen molar-refractivity contribution in [3.05, 3.63) is 35.4 Å². The maximum absolute atomic E-state index is 12.3. The fraction of sp³-hybridized carbons (Fsp3) is 0.471. The molecule has 124 valence electrons. The van der Waals surface area contributed by atoms with Gasteiger partial charge >= 0.3 is 0 Å². The van der Waals surface area contributed by atoms with Gasteiger partial charge in [0.1, 0.15) is 0 Å². The average Bonchev–Trinajstić information content (AvgIpc) is 2.82. The van der Waals surface area contributed by atoms with Gasteiger partial charge in [-0.1, -0.05) is 32.4 Å². The molecule has 6 nitrogen and oxygen atoms in total. The molecule has 2 rings (SSSR count). The van der Waals surface area contributed by atoms with E-state index in [1.54, 1.807) is 31.3 Å². The molecule has 0 radical (unpaired) electrons. The second kappa shape index (κ2) is 6.91. The van der Waals surface area contributed by atoms with Crippen molar-refractivity contribution in [3.8, 4) is 0 Å². The van der Waals surface area contributed by atoms with Gasteiger partial charge in [0.25, 0.3) is 11.8 Å². The number of nitrogens with two attached hydrogens (primary N) is 1. The zero-order chi connectivity index (χ0) is 17.1. The van der Waals surface area contributed by atoms with Gasteiger partial charge in [-0.3, -0.25) is 19.3 Å². The first kappa shape index (κ1) is 17.1. The lowest BCUT2D eigenvalue weighted by Crippen LogP contribution is -2.48. The van der Waals surface area contributed by atoms with E-state index in [4.69, 9.17) is 5.73 Å². The summed E-state index contributed by atoms with van der Waals surface area (Å²) in [4.78, 5) is 39.4. The Labute approximate surface area is 136 Å². The van der Waals surface area contributed by atoms with Crippen LogP contribution >= 0.6 is 0 Å². The monoisotopic (exact) mass is 317 g/mol. The molecule has 3 amide bonds. The summed E-state index contributed by atoms with van der Waals surface area (Å²) in [5.41, 5.74) is 6.78. The normalized spacial score (nSPS) is 16.3. The largest absolute Gasteiger partial charge is 0.343 e.